The molecule has 1 fully saturated rings. The fourth-order valence-corrected chi connectivity index (χ4v) is 2.71. The van der Waals surface area contributed by atoms with E-state index in [2.05, 4.69) is 20.4 Å². The van der Waals surface area contributed by atoms with E-state index in [1.165, 1.54) is 6.07 Å². The zero-order valence-corrected chi connectivity index (χ0v) is 11.9. The van der Waals surface area contributed by atoms with E-state index in [1.807, 2.05) is 24.3 Å². The number of hydrogen-bond donors (Lipinski definition) is 1. The summed E-state index contributed by atoms with van der Waals surface area (Å²) in [5.74, 6) is 0.765. The van der Waals surface area contributed by atoms with Crippen LogP contribution in [0.15, 0.2) is 42.6 Å². The number of nitrogens with one attached hydrogen (secondary N) is 1. The van der Waals surface area contributed by atoms with Crippen molar-refractivity contribution in [1.82, 2.24) is 15.5 Å². The van der Waals surface area contributed by atoms with Crippen molar-refractivity contribution in [3.8, 4) is 0 Å². The molecule has 1 N–H and O–H groups in total. The smallest absolute Gasteiger partial charge is 0.151 e. The third-order valence-corrected chi connectivity index (χ3v) is 3.84. The van der Waals surface area contributed by atoms with Crippen molar-refractivity contribution in [2.45, 2.75) is 25.4 Å². The number of halogens is 1. The van der Waals surface area contributed by atoms with E-state index in [1.54, 1.807) is 12.3 Å². The Bertz CT molecular complexity index is 575. The zero-order chi connectivity index (χ0) is 14.5. The second-order valence-corrected chi connectivity index (χ2v) is 5.34. The first-order chi connectivity index (χ1) is 10.3. The van der Waals surface area contributed by atoms with Gasteiger partial charge in [0.05, 0.1) is 0 Å². The summed E-state index contributed by atoms with van der Waals surface area (Å²) in [6.07, 6.45) is 3.89. The molecular weight excluding hydrogens is 267 g/mol. The van der Waals surface area contributed by atoms with Gasteiger partial charge in [-0.05, 0) is 31.0 Å². The monoisotopic (exact) mass is 286 g/mol. The van der Waals surface area contributed by atoms with Crippen LogP contribution in [0.1, 0.15) is 18.4 Å². The standard InChI is InChI=1S/C16H19FN4/c17-15-7-2-1-5-13(15)11-18-14-6-4-10-21(12-14)16-8-3-9-19-20-16/h1-3,5,7-9,14,18H,4,6,10-12H2/t14-/m0/s1. The number of nitrogens with zero attached hydrogens (tertiary/aromatic N) is 3. The van der Waals surface area contributed by atoms with Gasteiger partial charge in [0.1, 0.15) is 5.82 Å². The quantitative estimate of drug-likeness (QED) is 0.937. The highest BCUT2D eigenvalue weighted by Crippen LogP contribution is 2.17. The molecule has 1 aliphatic rings. The molecule has 0 saturated carbocycles. The Morgan fingerprint density at radius 1 is 1.24 bits per heavy atom. The number of aromatic nitrogens is 2. The van der Waals surface area contributed by atoms with Crippen LogP contribution in [0.4, 0.5) is 10.2 Å². The van der Waals surface area contributed by atoms with Crippen molar-refractivity contribution in [2.75, 3.05) is 18.0 Å². The van der Waals surface area contributed by atoms with E-state index in [0.717, 1.165) is 31.7 Å². The largest absolute Gasteiger partial charge is 0.354 e. The van der Waals surface area contributed by atoms with E-state index in [9.17, 15) is 4.39 Å². The van der Waals surface area contributed by atoms with Crippen LogP contribution in [0.5, 0.6) is 0 Å². The van der Waals surface area contributed by atoms with Gasteiger partial charge in [0.25, 0.3) is 0 Å². The molecule has 0 bridgehead atoms. The maximum Gasteiger partial charge on any atom is 0.151 e. The summed E-state index contributed by atoms with van der Waals surface area (Å²) in [4.78, 5) is 2.23. The fraction of sp³-hybridized carbons (Fsp3) is 0.375. The summed E-state index contributed by atoms with van der Waals surface area (Å²) >= 11 is 0. The molecule has 0 spiro atoms. The topological polar surface area (TPSA) is 41.0 Å². The van der Waals surface area contributed by atoms with Crippen LogP contribution in [0.2, 0.25) is 0 Å². The van der Waals surface area contributed by atoms with Crippen LogP contribution >= 0.6 is 0 Å². The molecule has 0 aliphatic carbocycles. The van der Waals surface area contributed by atoms with E-state index in [0.29, 0.717) is 18.2 Å². The van der Waals surface area contributed by atoms with Crippen molar-refractivity contribution in [3.05, 3.63) is 54.0 Å². The first-order valence-corrected chi connectivity index (χ1v) is 7.32. The molecule has 1 aromatic heterocycles. The fourth-order valence-electron chi connectivity index (χ4n) is 2.71. The van der Waals surface area contributed by atoms with E-state index in [-0.39, 0.29) is 5.82 Å². The molecule has 0 amide bonds. The van der Waals surface area contributed by atoms with Crippen molar-refractivity contribution in [2.24, 2.45) is 0 Å². The SMILES string of the molecule is Fc1ccccc1CN[C@H]1CCCN(c2cccnn2)C1. The molecule has 2 aromatic rings. The Hall–Kier alpha value is -2.01. The molecular formula is C16H19FN4. The minimum absolute atomic E-state index is 0.147. The lowest BCUT2D eigenvalue weighted by molar-refractivity contribution is 0.416. The third-order valence-electron chi connectivity index (χ3n) is 3.84. The molecule has 0 radical (unpaired) electrons. The van der Waals surface area contributed by atoms with Gasteiger partial charge in [-0.25, -0.2) is 4.39 Å². The minimum atomic E-state index is -0.147. The highest BCUT2D eigenvalue weighted by atomic mass is 19.1. The van der Waals surface area contributed by atoms with E-state index < -0.39 is 0 Å². The van der Waals surface area contributed by atoms with Gasteiger partial charge in [-0.3, -0.25) is 0 Å². The maximum absolute atomic E-state index is 13.6. The molecule has 5 heteroatoms. The van der Waals surface area contributed by atoms with Gasteiger partial charge < -0.3 is 10.2 Å². The van der Waals surface area contributed by atoms with Gasteiger partial charge in [-0.1, -0.05) is 18.2 Å². The van der Waals surface area contributed by atoms with Crippen LogP contribution in [0.3, 0.4) is 0 Å². The Balaban J connectivity index is 1.58. The van der Waals surface area contributed by atoms with Crippen molar-refractivity contribution >= 4 is 5.82 Å². The first-order valence-electron chi connectivity index (χ1n) is 7.32. The molecule has 2 heterocycles. The number of piperidine rings is 1. The molecule has 0 unspecified atom stereocenters. The number of benzene rings is 1. The highest BCUT2D eigenvalue weighted by molar-refractivity contribution is 5.37. The van der Waals surface area contributed by atoms with Gasteiger partial charge in [-0.15, -0.1) is 5.10 Å². The molecule has 1 atom stereocenters. The zero-order valence-electron chi connectivity index (χ0n) is 11.9. The predicted octanol–water partition coefficient (Wildman–Crippen LogP) is 2.37. The minimum Gasteiger partial charge on any atom is -0.354 e. The van der Waals surface area contributed by atoms with Crippen LogP contribution < -0.4 is 10.2 Å². The molecule has 1 aromatic carbocycles. The molecule has 1 saturated heterocycles. The van der Waals surface area contributed by atoms with Crippen molar-refractivity contribution in [3.63, 3.8) is 0 Å². The number of rotatable bonds is 4. The Labute approximate surface area is 124 Å². The summed E-state index contributed by atoms with van der Waals surface area (Å²) in [6.45, 7) is 2.44. The van der Waals surface area contributed by atoms with Gasteiger partial charge in [0.15, 0.2) is 5.82 Å². The summed E-state index contributed by atoms with van der Waals surface area (Å²) < 4.78 is 13.6. The lowest BCUT2D eigenvalue weighted by Crippen LogP contribution is -2.45. The summed E-state index contributed by atoms with van der Waals surface area (Å²) in [5.41, 5.74) is 0.717. The van der Waals surface area contributed by atoms with Crippen LogP contribution in [-0.2, 0) is 6.54 Å². The molecule has 21 heavy (non-hydrogen) atoms. The highest BCUT2D eigenvalue weighted by Gasteiger charge is 2.20. The normalized spacial score (nSPS) is 18.7. The second-order valence-electron chi connectivity index (χ2n) is 5.34. The van der Waals surface area contributed by atoms with Crippen molar-refractivity contribution < 1.29 is 4.39 Å². The van der Waals surface area contributed by atoms with Gasteiger partial charge >= 0.3 is 0 Å². The predicted molar refractivity (Wildman–Crippen MR) is 80.5 cm³/mol. The molecule has 110 valence electrons. The van der Waals surface area contributed by atoms with Gasteiger partial charge in [0.2, 0.25) is 0 Å². The van der Waals surface area contributed by atoms with Gasteiger partial charge in [0, 0.05) is 37.4 Å². The molecule has 1 aliphatic heterocycles. The van der Waals surface area contributed by atoms with Crippen molar-refractivity contribution in [1.29, 1.82) is 0 Å². The summed E-state index contributed by atoms with van der Waals surface area (Å²) in [6, 6.07) is 11.1. The number of hydrogen-bond acceptors (Lipinski definition) is 4. The molecule has 4 nitrogen and oxygen atoms in total. The lowest BCUT2D eigenvalue weighted by atomic mass is 10.1. The second kappa shape index (κ2) is 6.63. The number of anilines is 1. The van der Waals surface area contributed by atoms with E-state index >= 15 is 0 Å². The summed E-state index contributed by atoms with van der Waals surface area (Å²) in [5, 5.41) is 11.5. The van der Waals surface area contributed by atoms with Gasteiger partial charge in [-0.2, -0.15) is 5.10 Å². The maximum atomic E-state index is 13.6. The average molecular weight is 286 g/mol. The summed E-state index contributed by atoms with van der Waals surface area (Å²) in [7, 11) is 0. The Morgan fingerprint density at radius 2 is 2.14 bits per heavy atom. The van der Waals surface area contributed by atoms with E-state index in [4.69, 9.17) is 0 Å². The Morgan fingerprint density at radius 3 is 2.95 bits per heavy atom. The Kier molecular flexibility index (Phi) is 4.40. The third kappa shape index (κ3) is 3.55. The lowest BCUT2D eigenvalue weighted by Gasteiger charge is -2.33. The van der Waals surface area contributed by atoms with Crippen LogP contribution in [0, 0.1) is 5.82 Å². The van der Waals surface area contributed by atoms with Crippen LogP contribution in [-0.4, -0.2) is 29.3 Å². The first kappa shape index (κ1) is 13.9. The molecule has 3 rings (SSSR count). The average Bonchev–Trinajstić information content (AvgIpc) is 2.55. The van der Waals surface area contributed by atoms with Crippen LogP contribution in [0.25, 0.3) is 0 Å².